The van der Waals surface area contributed by atoms with Crippen LogP contribution in [-0.2, 0) is 9.53 Å². The molecule has 98 valence electrons. The van der Waals surface area contributed by atoms with Crippen molar-refractivity contribution in [2.75, 3.05) is 13.7 Å². The summed E-state index contributed by atoms with van der Waals surface area (Å²) in [6, 6.07) is 0. The number of hydrogen-bond acceptors (Lipinski definition) is 3. The first kappa shape index (κ1) is 17.8. The van der Waals surface area contributed by atoms with Crippen LogP contribution in [0.15, 0.2) is 0 Å². The molecular weight excluding hydrogens is 208 g/mol. The minimum absolute atomic E-state index is 0.519. The second-order valence-corrected chi connectivity index (χ2v) is 3.55. The Hall–Kier alpha value is -0.610. The molecule has 0 aromatic rings. The van der Waals surface area contributed by atoms with E-state index >= 15 is 0 Å². The molecule has 0 spiro atoms. The Kier molecular flexibility index (Phi) is 16.0. The second kappa shape index (κ2) is 14.4. The summed E-state index contributed by atoms with van der Waals surface area (Å²) >= 11 is 0. The Bertz CT molecular complexity index is 138. The number of ether oxygens (including phenoxy) is 1. The molecule has 0 saturated carbocycles. The van der Waals surface area contributed by atoms with E-state index in [1.165, 1.54) is 25.7 Å². The van der Waals surface area contributed by atoms with E-state index in [4.69, 9.17) is 14.9 Å². The van der Waals surface area contributed by atoms with Gasteiger partial charge in [0.1, 0.15) is 0 Å². The third-order valence-electron chi connectivity index (χ3n) is 2.16. The van der Waals surface area contributed by atoms with Gasteiger partial charge in [0.25, 0.3) is 0 Å². The first-order valence-corrected chi connectivity index (χ1v) is 6.01. The summed E-state index contributed by atoms with van der Waals surface area (Å²) in [6.45, 7) is 5.07. The van der Waals surface area contributed by atoms with Gasteiger partial charge in [0.05, 0.1) is 0 Å². The minimum atomic E-state index is -0.831. The number of carboxylic acid groups (broad SMARTS) is 1. The van der Waals surface area contributed by atoms with Crippen LogP contribution in [0.5, 0.6) is 0 Å². The number of aliphatic carboxylic acids is 1. The number of carbonyl (C=O) groups is 1. The lowest BCUT2D eigenvalue weighted by Gasteiger charge is -1.98. The van der Waals surface area contributed by atoms with Gasteiger partial charge in [-0.3, -0.25) is 0 Å². The SMILES string of the molecule is CCCCCC.CO.O=C(O)C1CCCO1. The Morgan fingerprint density at radius 3 is 1.94 bits per heavy atom. The van der Waals surface area contributed by atoms with Crippen molar-refractivity contribution in [1.29, 1.82) is 0 Å². The molecule has 2 N–H and O–H groups in total. The van der Waals surface area contributed by atoms with Gasteiger partial charge in [0.15, 0.2) is 6.10 Å². The number of aliphatic hydroxyl groups is 1. The molecule has 1 aliphatic heterocycles. The van der Waals surface area contributed by atoms with Gasteiger partial charge in [-0.1, -0.05) is 39.5 Å². The van der Waals surface area contributed by atoms with Crippen molar-refractivity contribution in [1.82, 2.24) is 0 Å². The molecule has 1 heterocycles. The highest BCUT2D eigenvalue weighted by atomic mass is 16.5. The molecule has 0 amide bonds. The molecule has 16 heavy (non-hydrogen) atoms. The maximum absolute atomic E-state index is 10.1. The smallest absolute Gasteiger partial charge is 0.332 e. The maximum atomic E-state index is 10.1. The topological polar surface area (TPSA) is 66.8 Å². The summed E-state index contributed by atoms with van der Waals surface area (Å²) in [5, 5.41) is 15.3. The van der Waals surface area contributed by atoms with Gasteiger partial charge >= 0.3 is 5.97 Å². The van der Waals surface area contributed by atoms with E-state index in [-0.39, 0.29) is 0 Å². The highest BCUT2D eigenvalue weighted by Gasteiger charge is 2.21. The summed E-state index contributed by atoms with van der Waals surface area (Å²) in [6.07, 6.45) is 6.58. The fourth-order valence-corrected chi connectivity index (χ4v) is 1.27. The molecule has 0 aromatic heterocycles. The lowest BCUT2D eigenvalue weighted by Crippen LogP contribution is -2.17. The van der Waals surface area contributed by atoms with Crippen LogP contribution in [0.3, 0.4) is 0 Å². The molecule has 1 aliphatic rings. The Morgan fingerprint density at radius 1 is 1.25 bits per heavy atom. The molecule has 1 saturated heterocycles. The Labute approximate surface area is 98.6 Å². The van der Waals surface area contributed by atoms with E-state index < -0.39 is 12.1 Å². The fourth-order valence-electron chi connectivity index (χ4n) is 1.27. The molecule has 1 fully saturated rings. The van der Waals surface area contributed by atoms with Crippen LogP contribution in [0.4, 0.5) is 0 Å². The third-order valence-corrected chi connectivity index (χ3v) is 2.16. The summed E-state index contributed by atoms with van der Waals surface area (Å²) < 4.78 is 4.81. The van der Waals surface area contributed by atoms with Gasteiger partial charge in [-0.05, 0) is 12.8 Å². The van der Waals surface area contributed by atoms with E-state index in [1.807, 2.05) is 0 Å². The third kappa shape index (κ3) is 11.5. The Morgan fingerprint density at radius 2 is 1.75 bits per heavy atom. The number of carboxylic acids is 1. The fraction of sp³-hybridized carbons (Fsp3) is 0.917. The van der Waals surface area contributed by atoms with Crippen LogP contribution < -0.4 is 0 Å². The summed E-state index contributed by atoms with van der Waals surface area (Å²) in [4.78, 5) is 10.1. The lowest BCUT2D eigenvalue weighted by atomic mass is 10.2. The largest absolute Gasteiger partial charge is 0.479 e. The van der Waals surface area contributed by atoms with Gasteiger partial charge in [0, 0.05) is 13.7 Å². The molecule has 0 radical (unpaired) electrons. The highest BCUT2D eigenvalue weighted by molar-refractivity contribution is 5.72. The lowest BCUT2D eigenvalue weighted by molar-refractivity contribution is -0.147. The molecule has 1 atom stereocenters. The van der Waals surface area contributed by atoms with Crippen molar-refractivity contribution in [2.45, 2.75) is 58.5 Å². The quantitative estimate of drug-likeness (QED) is 0.733. The van der Waals surface area contributed by atoms with Crippen LogP contribution in [0.2, 0.25) is 0 Å². The van der Waals surface area contributed by atoms with Crippen molar-refractivity contribution in [3.05, 3.63) is 0 Å². The van der Waals surface area contributed by atoms with E-state index in [1.54, 1.807) is 0 Å². The summed E-state index contributed by atoms with van der Waals surface area (Å²) in [5.41, 5.74) is 0. The van der Waals surface area contributed by atoms with Crippen molar-refractivity contribution in [3.8, 4) is 0 Å². The second-order valence-electron chi connectivity index (χ2n) is 3.55. The molecule has 1 unspecified atom stereocenters. The number of hydrogen-bond donors (Lipinski definition) is 2. The summed E-state index contributed by atoms with van der Waals surface area (Å²) in [7, 11) is 1.00. The van der Waals surface area contributed by atoms with Crippen molar-refractivity contribution in [2.24, 2.45) is 0 Å². The minimum Gasteiger partial charge on any atom is -0.479 e. The highest BCUT2D eigenvalue weighted by Crippen LogP contribution is 2.10. The molecule has 0 aliphatic carbocycles. The molecular formula is C12H26O4. The van der Waals surface area contributed by atoms with Crippen molar-refractivity contribution < 1.29 is 19.7 Å². The zero-order chi connectivity index (χ0) is 12.8. The predicted octanol–water partition coefficient (Wildman–Crippen LogP) is 2.45. The molecule has 4 nitrogen and oxygen atoms in total. The molecule has 4 heteroatoms. The van der Waals surface area contributed by atoms with Crippen LogP contribution >= 0.6 is 0 Å². The monoisotopic (exact) mass is 234 g/mol. The van der Waals surface area contributed by atoms with Crippen LogP contribution in [0, 0.1) is 0 Å². The van der Waals surface area contributed by atoms with Gasteiger partial charge in [-0.2, -0.15) is 0 Å². The zero-order valence-corrected chi connectivity index (χ0v) is 10.7. The number of aliphatic hydroxyl groups excluding tert-OH is 1. The first-order chi connectivity index (χ1) is 7.72. The van der Waals surface area contributed by atoms with Crippen molar-refractivity contribution in [3.63, 3.8) is 0 Å². The van der Waals surface area contributed by atoms with Crippen molar-refractivity contribution >= 4 is 5.97 Å². The first-order valence-electron chi connectivity index (χ1n) is 6.01. The molecule has 0 aromatic carbocycles. The van der Waals surface area contributed by atoms with Gasteiger partial charge < -0.3 is 14.9 Å². The van der Waals surface area contributed by atoms with E-state index in [0.717, 1.165) is 13.5 Å². The van der Waals surface area contributed by atoms with Gasteiger partial charge in [-0.25, -0.2) is 4.79 Å². The van der Waals surface area contributed by atoms with Crippen LogP contribution in [0.25, 0.3) is 0 Å². The van der Waals surface area contributed by atoms with E-state index in [0.29, 0.717) is 13.0 Å². The van der Waals surface area contributed by atoms with Crippen LogP contribution in [0.1, 0.15) is 52.4 Å². The standard InChI is InChI=1S/C6H14.C5H8O3.CH4O/c1-3-5-6-4-2;6-5(7)4-2-1-3-8-4;1-2/h3-6H2,1-2H3;4H,1-3H2,(H,6,7);2H,1H3. The van der Waals surface area contributed by atoms with Gasteiger partial charge in [-0.15, -0.1) is 0 Å². The normalized spacial score (nSPS) is 17.9. The maximum Gasteiger partial charge on any atom is 0.332 e. The number of rotatable bonds is 4. The summed E-state index contributed by atoms with van der Waals surface area (Å²) in [5.74, 6) is -0.831. The van der Waals surface area contributed by atoms with Crippen LogP contribution in [-0.4, -0.2) is 36.0 Å². The molecule has 1 rings (SSSR count). The van der Waals surface area contributed by atoms with E-state index in [9.17, 15) is 4.79 Å². The average molecular weight is 234 g/mol. The molecule has 0 bridgehead atoms. The number of unbranched alkanes of at least 4 members (excludes halogenated alkanes) is 3. The predicted molar refractivity (Wildman–Crippen MR) is 64.6 cm³/mol. The van der Waals surface area contributed by atoms with Gasteiger partial charge in [0.2, 0.25) is 0 Å². The zero-order valence-electron chi connectivity index (χ0n) is 10.7. The average Bonchev–Trinajstić information content (AvgIpc) is 2.83. The Balaban J connectivity index is 0. The van der Waals surface area contributed by atoms with E-state index in [2.05, 4.69) is 13.8 Å².